The highest BCUT2D eigenvalue weighted by atomic mass is 16.6. The molecule has 0 aromatic heterocycles. The quantitative estimate of drug-likeness (QED) is 0.171. The van der Waals surface area contributed by atoms with E-state index in [-0.39, 0.29) is 42.9 Å². The molecule has 248 valence electrons. The van der Waals surface area contributed by atoms with Gasteiger partial charge in [0.15, 0.2) is 0 Å². The van der Waals surface area contributed by atoms with Crippen LogP contribution in [0.3, 0.4) is 0 Å². The lowest BCUT2D eigenvalue weighted by atomic mass is 9.62. The summed E-state index contributed by atoms with van der Waals surface area (Å²) in [5.41, 5.74) is -1.95. The highest BCUT2D eigenvalue weighted by Crippen LogP contribution is 2.66. The van der Waals surface area contributed by atoms with Crippen LogP contribution in [0.15, 0.2) is 55.6 Å². The number of amides is 2. The van der Waals surface area contributed by atoms with Crippen LogP contribution < -0.4 is 0 Å². The Kier molecular flexibility index (Phi) is 10.1. The Morgan fingerprint density at radius 2 is 1.84 bits per heavy atom. The second kappa shape index (κ2) is 13.0. The fraction of sp³-hybridized carbons (Fsp3) is 0.649. The van der Waals surface area contributed by atoms with Gasteiger partial charge in [-0.05, 0) is 69.8 Å². The van der Waals surface area contributed by atoms with E-state index in [1.807, 2.05) is 62.9 Å². The Balaban J connectivity index is 1.84. The van der Waals surface area contributed by atoms with Crippen LogP contribution in [0.4, 0.5) is 0 Å². The van der Waals surface area contributed by atoms with E-state index in [1.54, 1.807) is 17.1 Å². The number of aliphatic hydroxyl groups excluding tert-OH is 1. The third-order valence-corrected chi connectivity index (χ3v) is 10.2. The van der Waals surface area contributed by atoms with Gasteiger partial charge in [0.1, 0.15) is 17.6 Å². The molecule has 4 rings (SSSR count). The third-order valence-electron chi connectivity index (χ3n) is 10.2. The fourth-order valence-electron chi connectivity index (χ4n) is 8.64. The van der Waals surface area contributed by atoms with Gasteiger partial charge in [0, 0.05) is 12.1 Å². The molecule has 3 unspecified atom stereocenters. The van der Waals surface area contributed by atoms with Crippen molar-refractivity contribution in [3.05, 3.63) is 61.2 Å². The van der Waals surface area contributed by atoms with Gasteiger partial charge in [-0.3, -0.25) is 14.4 Å². The molecule has 8 nitrogen and oxygen atoms in total. The molecule has 3 fully saturated rings. The van der Waals surface area contributed by atoms with E-state index >= 15 is 4.79 Å². The summed E-state index contributed by atoms with van der Waals surface area (Å²) in [5.74, 6) is -2.94. The molecule has 0 aliphatic carbocycles. The first-order valence-corrected chi connectivity index (χ1v) is 16.4. The third kappa shape index (κ3) is 6.37. The Labute approximate surface area is 269 Å². The highest BCUT2D eigenvalue weighted by Gasteiger charge is 2.81. The zero-order chi connectivity index (χ0) is 33.4. The van der Waals surface area contributed by atoms with Crippen molar-refractivity contribution in [3.63, 3.8) is 0 Å². The summed E-state index contributed by atoms with van der Waals surface area (Å²) < 4.78 is 12.7. The second-order valence-corrected chi connectivity index (χ2v) is 15.4. The van der Waals surface area contributed by atoms with E-state index in [4.69, 9.17) is 9.47 Å². The van der Waals surface area contributed by atoms with Crippen LogP contribution in [0.2, 0.25) is 0 Å². The molecule has 45 heavy (non-hydrogen) atoms. The van der Waals surface area contributed by atoms with Crippen molar-refractivity contribution < 1.29 is 29.0 Å². The lowest BCUT2D eigenvalue weighted by Gasteiger charge is -2.46. The molecule has 8 heteroatoms. The molecule has 2 amide bonds. The number of fused-ring (bicyclic) bond motifs is 1. The van der Waals surface area contributed by atoms with E-state index in [9.17, 15) is 14.7 Å². The molecule has 1 spiro atoms. The minimum Gasteiger partial charge on any atom is -0.465 e. The number of benzene rings is 1. The van der Waals surface area contributed by atoms with Crippen molar-refractivity contribution in [2.75, 3.05) is 19.8 Å². The van der Waals surface area contributed by atoms with Crippen LogP contribution in [0.1, 0.15) is 79.7 Å². The Bertz CT molecular complexity index is 1270. The van der Waals surface area contributed by atoms with Gasteiger partial charge in [0.2, 0.25) is 11.8 Å². The van der Waals surface area contributed by atoms with Crippen LogP contribution >= 0.6 is 0 Å². The Morgan fingerprint density at radius 1 is 1.18 bits per heavy atom. The predicted octanol–water partition coefficient (Wildman–Crippen LogP) is 5.34. The van der Waals surface area contributed by atoms with Gasteiger partial charge in [0.25, 0.3) is 0 Å². The topological polar surface area (TPSA) is 96.4 Å². The summed E-state index contributed by atoms with van der Waals surface area (Å²) in [4.78, 5) is 47.2. The number of hydrogen-bond acceptors (Lipinski definition) is 6. The maximum Gasteiger partial charge on any atom is 0.312 e. The maximum absolute atomic E-state index is 15.2. The van der Waals surface area contributed by atoms with Gasteiger partial charge < -0.3 is 24.4 Å². The lowest BCUT2D eigenvalue weighted by molar-refractivity contribution is -0.165. The number of aliphatic hydroxyl groups is 1. The number of rotatable bonds is 14. The number of likely N-dealkylation sites (tertiary alicyclic amines) is 1. The van der Waals surface area contributed by atoms with Gasteiger partial charge in [-0.1, -0.05) is 70.2 Å². The van der Waals surface area contributed by atoms with Crippen molar-refractivity contribution in [1.82, 2.24) is 9.80 Å². The minimum absolute atomic E-state index is 0.0824. The molecule has 1 aromatic rings. The fourth-order valence-corrected chi connectivity index (χ4v) is 8.64. The molecule has 7 atom stereocenters. The summed E-state index contributed by atoms with van der Waals surface area (Å²) in [6.07, 6.45) is 6.34. The van der Waals surface area contributed by atoms with E-state index in [0.29, 0.717) is 32.1 Å². The van der Waals surface area contributed by atoms with Gasteiger partial charge >= 0.3 is 5.97 Å². The van der Waals surface area contributed by atoms with Crippen LogP contribution in [0, 0.1) is 23.2 Å². The summed E-state index contributed by atoms with van der Waals surface area (Å²) in [7, 11) is 0. The zero-order valence-electron chi connectivity index (χ0n) is 28.4. The van der Waals surface area contributed by atoms with Crippen LogP contribution in [-0.2, 0) is 30.3 Å². The first-order valence-electron chi connectivity index (χ1n) is 16.4. The Hall–Kier alpha value is -2.97. The van der Waals surface area contributed by atoms with E-state index < -0.39 is 46.6 Å². The van der Waals surface area contributed by atoms with Crippen molar-refractivity contribution >= 4 is 17.8 Å². The lowest BCUT2D eigenvalue weighted by Crippen LogP contribution is -2.62. The molecule has 1 aromatic carbocycles. The molecule has 1 N–H and O–H groups in total. The largest absolute Gasteiger partial charge is 0.465 e. The molecular weight excluding hydrogens is 568 g/mol. The number of nitrogens with zero attached hydrogens (tertiary/aromatic N) is 2. The van der Waals surface area contributed by atoms with E-state index in [2.05, 4.69) is 33.9 Å². The minimum atomic E-state index is -1.24. The van der Waals surface area contributed by atoms with Crippen molar-refractivity contribution in [3.8, 4) is 0 Å². The second-order valence-electron chi connectivity index (χ2n) is 15.4. The van der Waals surface area contributed by atoms with Gasteiger partial charge in [-0.15, -0.1) is 13.2 Å². The van der Waals surface area contributed by atoms with Gasteiger partial charge in [-0.25, -0.2) is 0 Å². The highest BCUT2D eigenvalue weighted by molar-refractivity contribution is 5.99. The first-order chi connectivity index (χ1) is 21.1. The number of carbonyl (C=O) groups excluding carboxylic acids is 3. The smallest absolute Gasteiger partial charge is 0.312 e. The van der Waals surface area contributed by atoms with Gasteiger partial charge in [-0.2, -0.15) is 0 Å². The molecule has 0 radical (unpaired) electrons. The monoisotopic (exact) mass is 622 g/mol. The van der Waals surface area contributed by atoms with Crippen molar-refractivity contribution in [2.45, 2.75) is 109 Å². The van der Waals surface area contributed by atoms with Gasteiger partial charge in [0.05, 0.1) is 30.8 Å². The number of esters is 1. The SMILES string of the molecule is C=CCCCOC(=O)[C@H]1[C@H]2C(=O)N([C@@H](CO)Cc3ccccc3)C(C(=O)N(CC=C)C(C)(C)CC(C)(C)C)C23CC(C)[C@]1(C)O3. The molecule has 3 aliphatic rings. The number of unbranched alkanes of at least 4 members (excludes halogenated alkanes) is 1. The summed E-state index contributed by atoms with van der Waals surface area (Å²) in [6, 6.07) is 7.92. The van der Waals surface area contributed by atoms with Crippen molar-refractivity contribution in [2.24, 2.45) is 23.2 Å². The molecular formula is C37H54N2O6. The van der Waals surface area contributed by atoms with E-state index in [0.717, 1.165) is 5.56 Å². The number of carbonyl (C=O) groups is 3. The molecule has 3 heterocycles. The molecule has 3 saturated heterocycles. The predicted molar refractivity (Wildman–Crippen MR) is 175 cm³/mol. The van der Waals surface area contributed by atoms with E-state index in [1.165, 1.54) is 0 Å². The van der Waals surface area contributed by atoms with Crippen LogP contribution in [0.5, 0.6) is 0 Å². The van der Waals surface area contributed by atoms with Crippen LogP contribution in [0.25, 0.3) is 0 Å². The van der Waals surface area contributed by atoms with Crippen LogP contribution in [-0.4, -0.2) is 81.3 Å². The number of ether oxygens (including phenoxy) is 2. The zero-order valence-corrected chi connectivity index (χ0v) is 28.4. The first kappa shape index (κ1) is 34.9. The average Bonchev–Trinajstić information content (AvgIpc) is 3.48. The summed E-state index contributed by atoms with van der Waals surface area (Å²) >= 11 is 0. The molecule has 0 saturated carbocycles. The number of hydrogen-bond donors (Lipinski definition) is 1. The molecule has 2 bridgehead atoms. The molecule has 3 aliphatic heterocycles. The average molecular weight is 623 g/mol. The summed E-state index contributed by atoms with van der Waals surface area (Å²) in [5, 5.41) is 10.8. The summed E-state index contributed by atoms with van der Waals surface area (Å²) in [6.45, 7) is 22.3. The number of allylic oxidation sites excluding steroid dienone is 1. The van der Waals surface area contributed by atoms with Crippen molar-refractivity contribution in [1.29, 1.82) is 0 Å². The maximum atomic E-state index is 15.2. The normalized spacial score (nSPS) is 29.8. The standard InChI is InChI=1S/C37H54N2O6/c1-10-12-16-20-44-33(43)29-28-31(41)39(27(23-40)21-26-17-14-13-15-18-26)30(37(28)22-25(3)36(29,9)45-37)32(42)38(19-11-2)35(7,8)24-34(4,5)6/h10-11,13-15,17-18,25,27-30,40H,1-2,12,16,19-24H2,3-9H3/t25?,27-,28+,29-,30?,36+,37?/m1/s1. The Morgan fingerprint density at radius 3 is 2.42 bits per heavy atom.